The molecule has 1 N–H and O–H groups in total. The summed E-state index contributed by atoms with van der Waals surface area (Å²) in [6.07, 6.45) is 0. The van der Waals surface area contributed by atoms with Gasteiger partial charge in [-0.3, -0.25) is 7.32 Å². The Bertz CT molecular complexity index is 294. The van der Waals surface area contributed by atoms with Gasteiger partial charge in [0.05, 0.1) is 5.56 Å². The first-order valence-corrected chi connectivity index (χ1v) is 3.41. The summed E-state index contributed by atoms with van der Waals surface area (Å²) < 4.78 is 0. The molecule has 0 amide bonds. The van der Waals surface area contributed by atoms with Gasteiger partial charge in [0.2, 0.25) is 0 Å². The SMILES string of the molecule is O=C(O)c1ccc([O-])cc1.[Na+].[Na+].[Na+].[Na+].[O-]B([O-])[O-]. The van der Waals surface area contributed by atoms with Crippen molar-refractivity contribution in [3.05, 3.63) is 29.8 Å². The number of hydrogen-bond acceptors (Lipinski definition) is 5. The van der Waals surface area contributed by atoms with Crippen LogP contribution in [0.2, 0.25) is 0 Å². The van der Waals surface area contributed by atoms with E-state index in [-0.39, 0.29) is 130 Å². The van der Waals surface area contributed by atoms with E-state index in [0.29, 0.717) is 0 Å². The average Bonchev–Trinajstić information content (AvgIpc) is 2.03. The molecular formula is C7H5BNa4O6. The van der Waals surface area contributed by atoms with Crippen molar-refractivity contribution in [1.29, 1.82) is 0 Å². The number of carboxylic acid groups (broad SMARTS) is 1. The number of carbonyl (C=O) groups is 1. The van der Waals surface area contributed by atoms with Crippen LogP contribution in [0.15, 0.2) is 24.3 Å². The monoisotopic (exact) mass is 288 g/mol. The molecule has 0 atom stereocenters. The summed E-state index contributed by atoms with van der Waals surface area (Å²) in [4.78, 5) is 10.2. The molecule has 0 saturated carbocycles. The molecule has 0 spiro atoms. The molecule has 0 heterocycles. The number of aromatic carboxylic acids is 1. The van der Waals surface area contributed by atoms with Crippen molar-refractivity contribution in [3.8, 4) is 5.75 Å². The second kappa shape index (κ2) is 19.4. The molecule has 1 aromatic carbocycles. The van der Waals surface area contributed by atoms with Crippen LogP contribution in [-0.2, 0) is 0 Å². The molecular weight excluding hydrogens is 283 g/mol. The van der Waals surface area contributed by atoms with Gasteiger partial charge in [-0.15, -0.1) is 5.75 Å². The number of benzene rings is 1. The van der Waals surface area contributed by atoms with Gasteiger partial charge >= 0.3 is 124 Å². The molecule has 1 rings (SSSR count). The first kappa shape index (κ1) is 32.4. The summed E-state index contributed by atoms with van der Waals surface area (Å²) in [6.45, 7) is 0. The summed E-state index contributed by atoms with van der Waals surface area (Å²) in [6, 6.07) is 5.02. The summed E-state index contributed by atoms with van der Waals surface area (Å²) >= 11 is 0. The average molecular weight is 288 g/mol. The van der Waals surface area contributed by atoms with Crippen molar-refractivity contribution in [3.63, 3.8) is 0 Å². The molecule has 18 heavy (non-hydrogen) atoms. The Balaban J connectivity index is -0.0000000635. The molecule has 0 bridgehead atoms. The largest absolute Gasteiger partial charge is 1.00 e. The van der Waals surface area contributed by atoms with Crippen molar-refractivity contribution in [1.82, 2.24) is 0 Å². The molecule has 0 saturated heterocycles. The summed E-state index contributed by atoms with van der Waals surface area (Å²) in [5.41, 5.74) is 0.139. The van der Waals surface area contributed by atoms with Crippen LogP contribution in [0, 0.1) is 0 Å². The smallest absolute Gasteiger partial charge is 0.907 e. The van der Waals surface area contributed by atoms with Gasteiger partial charge in [-0.05, 0) is 12.1 Å². The van der Waals surface area contributed by atoms with Crippen molar-refractivity contribution in [2.24, 2.45) is 0 Å². The topological polar surface area (TPSA) is 130 Å². The third-order valence-corrected chi connectivity index (χ3v) is 1.10. The molecule has 0 radical (unpaired) electrons. The van der Waals surface area contributed by atoms with Crippen LogP contribution >= 0.6 is 0 Å². The molecule has 0 fully saturated rings. The van der Waals surface area contributed by atoms with Gasteiger partial charge < -0.3 is 25.3 Å². The molecule has 11 heteroatoms. The Morgan fingerprint density at radius 3 is 1.44 bits per heavy atom. The van der Waals surface area contributed by atoms with Gasteiger partial charge in [-0.2, -0.15) is 0 Å². The van der Waals surface area contributed by atoms with E-state index in [1.54, 1.807) is 0 Å². The van der Waals surface area contributed by atoms with Crippen LogP contribution in [0.3, 0.4) is 0 Å². The predicted molar refractivity (Wildman–Crippen MR) is 38.6 cm³/mol. The molecule has 0 unspecified atom stereocenters. The molecule has 6 nitrogen and oxygen atoms in total. The third-order valence-electron chi connectivity index (χ3n) is 1.10. The maximum atomic E-state index is 10.5. The van der Waals surface area contributed by atoms with E-state index in [9.17, 15) is 9.90 Å². The van der Waals surface area contributed by atoms with E-state index in [2.05, 4.69) is 0 Å². The normalized spacial score (nSPS) is 6.61. The van der Waals surface area contributed by atoms with Gasteiger partial charge in [0, 0.05) is 0 Å². The van der Waals surface area contributed by atoms with Crippen molar-refractivity contribution < 1.29 is 148 Å². The van der Waals surface area contributed by atoms with Gasteiger partial charge in [-0.1, -0.05) is 12.1 Å². The molecule has 0 aliphatic heterocycles. The zero-order valence-electron chi connectivity index (χ0n) is 10.9. The van der Waals surface area contributed by atoms with E-state index < -0.39 is 13.3 Å². The molecule has 0 aliphatic carbocycles. The fraction of sp³-hybridized carbons (Fsp3) is 0. The number of rotatable bonds is 1. The Morgan fingerprint density at radius 1 is 0.944 bits per heavy atom. The number of carboxylic acids is 1. The van der Waals surface area contributed by atoms with Gasteiger partial charge in [0.15, 0.2) is 0 Å². The minimum absolute atomic E-state index is 0. The quantitative estimate of drug-likeness (QED) is 0.511. The van der Waals surface area contributed by atoms with Crippen LogP contribution in [0.4, 0.5) is 0 Å². The zero-order chi connectivity index (χ0) is 11.1. The summed E-state index contributed by atoms with van der Waals surface area (Å²) in [5, 5.41) is 44.1. The fourth-order valence-electron chi connectivity index (χ4n) is 0.598. The van der Waals surface area contributed by atoms with Gasteiger partial charge in [-0.25, -0.2) is 4.79 Å². The van der Waals surface area contributed by atoms with E-state index in [1.807, 2.05) is 0 Å². The van der Waals surface area contributed by atoms with Crippen LogP contribution in [0.25, 0.3) is 0 Å². The Hall–Kier alpha value is 2.43. The van der Waals surface area contributed by atoms with E-state index >= 15 is 0 Å². The van der Waals surface area contributed by atoms with Gasteiger partial charge in [0.1, 0.15) is 0 Å². The second-order valence-corrected chi connectivity index (χ2v) is 2.12. The maximum Gasteiger partial charge on any atom is 1.00 e. The van der Waals surface area contributed by atoms with Crippen LogP contribution < -0.4 is 138 Å². The molecule has 76 valence electrons. The molecule has 1 aromatic rings. The predicted octanol–water partition coefficient (Wildman–Crippen LogP) is -15.5. The van der Waals surface area contributed by atoms with Crippen LogP contribution in [0.1, 0.15) is 10.4 Å². The fourth-order valence-corrected chi connectivity index (χ4v) is 0.598. The van der Waals surface area contributed by atoms with E-state index in [4.69, 9.17) is 20.2 Å². The standard InChI is InChI=1S/C7H6O3.BO3.4Na/c8-6-3-1-5(2-4-6)7(9)10;2-1(3)4;;;;/h1-4,8H,(H,9,10);;;;;/q;-3;4*+1/p-1. The summed E-state index contributed by atoms with van der Waals surface area (Å²) in [7, 11) is -2.92. The van der Waals surface area contributed by atoms with Crippen molar-refractivity contribution >= 4 is 13.3 Å². The van der Waals surface area contributed by atoms with E-state index in [1.165, 1.54) is 24.3 Å². The Morgan fingerprint density at radius 2 is 1.22 bits per heavy atom. The van der Waals surface area contributed by atoms with Gasteiger partial charge in [0.25, 0.3) is 0 Å². The minimum Gasteiger partial charge on any atom is -0.907 e. The summed E-state index contributed by atoms with van der Waals surface area (Å²) in [5.74, 6) is -1.19. The Labute approximate surface area is 194 Å². The third kappa shape index (κ3) is 20.7. The minimum atomic E-state index is -2.92. The maximum absolute atomic E-state index is 10.5. The van der Waals surface area contributed by atoms with Crippen LogP contribution in [-0.4, -0.2) is 18.4 Å². The first-order chi connectivity index (χ1) is 6.43. The second-order valence-electron chi connectivity index (χ2n) is 2.12. The Kier molecular flexibility index (Phi) is 35.0. The molecule has 0 aromatic heterocycles. The van der Waals surface area contributed by atoms with E-state index in [0.717, 1.165) is 0 Å². The van der Waals surface area contributed by atoms with Crippen molar-refractivity contribution in [2.45, 2.75) is 0 Å². The van der Waals surface area contributed by atoms with Crippen LogP contribution in [0.5, 0.6) is 5.75 Å². The van der Waals surface area contributed by atoms with Crippen molar-refractivity contribution in [2.75, 3.05) is 0 Å². The number of hydrogen-bond donors (Lipinski definition) is 1. The zero-order valence-corrected chi connectivity index (χ0v) is 18.9. The molecule has 0 aliphatic rings. The first-order valence-electron chi connectivity index (χ1n) is 3.41.